The number of sulfonamides is 1. The number of anilines is 2. The number of aromatic nitrogens is 2. The van der Waals surface area contributed by atoms with E-state index in [9.17, 15) is 13.2 Å². The average Bonchev–Trinajstić information content (AvgIpc) is 3.08. The molecule has 0 aliphatic rings. The molecule has 2 aromatic heterocycles. The van der Waals surface area contributed by atoms with Crippen LogP contribution >= 0.6 is 22.9 Å². The van der Waals surface area contributed by atoms with E-state index >= 15 is 0 Å². The molecule has 2 heterocycles. The van der Waals surface area contributed by atoms with Crippen molar-refractivity contribution >= 4 is 49.7 Å². The number of nitrogens with zero attached hydrogens (tertiary/aromatic N) is 2. The molecule has 0 radical (unpaired) electrons. The molecular formula is C21H24ClN5O3S2. The van der Waals surface area contributed by atoms with Crippen LogP contribution < -0.4 is 15.8 Å². The van der Waals surface area contributed by atoms with Crippen LogP contribution in [-0.4, -0.2) is 30.8 Å². The molecule has 32 heavy (non-hydrogen) atoms. The minimum Gasteiger partial charge on any atom is -0.322 e. The maximum atomic E-state index is 12.9. The molecule has 4 N–H and O–H groups in total. The van der Waals surface area contributed by atoms with Crippen LogP contribution in [0.2, 0.25) is 5.15 Å². The molecule has 0 atom stereocenters. The lowest BCUT2D eigenvalue weighted by Gasteiger charge is -2.19. The van der Waals surface area contributed by atoms with Crippen LogP contribution in [0.4, 0.5) is 10.8 Å². The molecule has 0 unspecified atom stereocenters. The molecule has 8 nitrogen and oxygen atoms in total. The van der Waals surface area contributed by atoms with Crippen LogP contribution in [-0.2, 0) is 20.2 Å². The molecule has 0 saturated heterocycles. The summed E-state index contributed by atoms with van der Waals surface area (Å²) in [7, 11) is -3.88. The monoisotopic (exact) mass is 493 g/mol. The Morgan fingerprint density at radius 1 is 1.22 bits per heavy atom. The number of hydrogen-bond acceptors (Lipinski definition) is 7. The lowest BCUT2D eigenvalue weighted by molar-refractivity contribution is -0.114. The highest BCUT2D eigenvalue weighted by atomic mass is 35.5. The number of halogens is 1. The highest BCUT2D eigenvalue weighted by Gasteiger charge is 2.20. The van der Waals surface area contributed by atoms with Gasteiger partial charge in [-0.2, -0.15) is 0 Å². The molecule has 1 amide bonds. The van der Waals surface area contributed by atoms with E-state index in [0.29, 0.717) is 16.4 Å². The minimum atomic E-state index is -3.88. The highest BCUT2D eigenvalue weighted by Crippen LogP contribution is 2.35. The fourth-order valence-corrected chi connectivity index (χ4v) is 5.10. The molecule has 0 spiro atoms. The standard InChI is InChI=1S/C21H24ClN5O3S2/c1-12-18(31-20(25-12)26-17(28)10-23)13-9-16(19(22)24-11-13)27-32(29,30)15-7-5-14(6-8-15)21(2,3)4/h5-9,11,27H,10,23H2,1-4H3,(H,25,26,28). The fourth-order valence-electron chi connectivity index (χ4n) is 2.87. The first-order valence-corrected chi connectivity index (χ1v) is 12.3. The molecule has 0 fully saturated rings. The van der Waals surface area contributed by atoms with Gasteiger partial charge >= 0.3 is 0 Å². The molecule has 3 aromatic rings. The van der Waals surface area contributed by atoms with Gasteiger partial charge in [0.25, 0.3) is 10.0 Å². The van der Waals surface area contributed by atoms with Crippen molar-refractivity contribution in [3.63, 3.8) is 0 Å². The normalized spacial score (nSPS) is 11.9. The van der Waals surface area contributed by atoms with Crippen LogP contribution in [0.15, 0.2) is 41.4 Å². The quantitative estimate of drug-likeness (QED) is 0.442. The van der Waals surface area contributed by atoms with Gasteiger partial charge in [0, 0.05) is 11.8 Å². The maximum Gasteiger partial charge on any atom is 0.261 e. The lowest BCUT2D eigenvalue weighted by Crippen LogP contribution is -2.21. The molecule has 0 saturated carbocycles. The Bertz CT molecular complexity index is 1250. The number of amides is 1. The molecule has 0 aliphatic carbocycles. The first-order chi connectivity index (χ1) is 14.9. The number of aryl methyl sites for hydroxylation is 1. The van der Waals surface area contributed by atoms with Crippen LogP contribution in [0.3, 0.4) is 0 Å². The predicted molar refractivity (Wildman–Crippen MR) is 129 cm³/mol. The summed E-state index contributed by atoms with van der Waals surface area (Å²) in [6.07, 6.45) is 1.52. The summed E-state index contributed by atoms with van der Waals surface area (Å²) >= 11 is 7.40. The Hall–Kier alpha value is -2.53. The summed E-state index contributed by atoms with van der Waals surface area (Å²) in [6.45, 7) is 7.79. The number of benzene rings is 1. The summed E-state index contributed by atoms with van der Waals surface area (Å²) in [6, 6.07) is 8.30. The number of nitrogens with two attached hydrogens (primary N) is 1. The molecule has 11 heteroatoms. The van der Waals surface area contributed by atoms with E-state index in [1.165, 1.54) is 17.5 Å². The topological polar surface area (TPSA) is 127 Å². The summed E-state index contributed by atoms with van der Waals surface area (Å²) in [4.78, 5) is 20.8. The number of thiazole rings is 1. The number of hydrogen-bond donors (Lipinski definition) is 3. The summed E-state index contributed by atoms with van der Waals surface area (Å²) in [5, 5.41) is 3.02. The SMILES string of the molecule is Cc1nc(NC(=O)CN)sc1-c1cnc(Cl)c(NS(=O)(=O)c2ccc(C(C)(C)C)cc2)c1. The molecule has 0 aliphatic heterocycles. The van der Waals surface area contributed by atoms with Gasteiger partial charge in [-0.3, -0.25) is 9.52 Å². The van der Waals surface area contributed by atoms with E-state index in [1.54, 1.807) is 37.3 Å². The summed E-state index contributed by atoms with van der Waals surface area (Å²) in [5.41, 5.74) is 7.66. The number of rotatable bonds is 6. The minimum absolute atomic E-state index is 0.0162. The van der Waals surface area contributed by atoms with Crippen LogP contribution in [0.1, 0.15) is 32.0 Å². The predicted octanol–water partition coefficient (Wildman–Crippen LogP) is 4.16. The van der Waals surface area contributed by atoms with Gasteiger partial charge in [0.05, 0.1) is 27.7 Å². The second-order valence-corrected chi connectivity index (χ2v) is 11.2. The third kappa shape index (κ3) is 5.44. The van der Waals surface area contributed by atoms with Crippen molar-refractivity contribution in [3.8, 4) is 10.4 Å². The lowest BCUT2D eigenvalue weighted by atomic mass is 9.87. The number of carbonyl (C=O) groups excluding carboxylic acids is 1. The fraction of sp³-hybridized carbons (Fsp3) is 0.286. The molecule has 3 rings (SSSR count). The van der Waals surface area contributed by atoms with Crippen molar-refractivity contribution < 1.29 is 13.2 Å². The zero-order valence-corrected chi connectivity index (χ0v) is 20.5. The van der Waals surface area contributed by atoms with E-state index in [1.807, 2.05) is 0 Å². The van der Waals surface area contributed by atoms with Gasteiger partial charge in [-0.15, -0.1) is 0 Å². The van der Waals surface area contributed by atoms with Crippen molar-refractivity contribution in [2.45, 2.75) is 38.0 Å². The second-order valence-electron chi connectivity index (χ2n) is 8.13. The van der Waals surface area contributed by atoms with E-state index < -0.39 is 10.0 Å². The molecule has 1 aromatic carbocycles. The van der Waals surface area contributed by atoms with Crippen LogP contribution in [0.25, 0.3) is 10.4 Å². The Morgan fingerprint density at radius 3 is 2.47 bits per heavy atom. The van der Waals surface area contributed by atoms with Gasteiger partial charge in [0.1, 0.15) is 0 Å². The van der Waals surface area contributed by atoms with E-state index in [0.717, 1.165) is 10.4 Å². The number of carbonyl (C=O) groups is 1. The second kappa shape index (κ2) is 9.14. The Labute approximate surface area is 196 Å². The Kier molecular flexibility index (Phi) is 6.89. The van der Waals surface area contributed by atoms with E-state index in [2.05, 4.69) is 40.8 Å². The smallest absolute Gasteiger partial charge is 0.261 e. The summed E-state index contributed by atoms with van der Waals surface area (Å²) in [5.74, 6) is -0.356. The van der Waals surface area contributed by atoms with E-state index in [4.69, 9.17) is 17.3 Å². The number of nitrogens with one attached hydrogen (secondary N) is 2. The summed E-state index contributed by atoms with van der Waals surface area (Å²) < 4.78 is 28.4. The largest absolute Gasteiger partial charge is 0.322 e. The van der Waals surface area contributed by atoms with Crippen LogP contribution in [0.5, 0.6) is 0 Å². The Balaban J connectivity index is 1.90. The first-order valence-electron chi connectivity index (χ1n) is 9.67. The van der Waals surface area contributed by atoms with Crippen molar-refractivity contribution in [2.24, 2.45) is 5.73 Å². The van der Waals surface area contributed by atoms with Gasteiger partial charge in [-0.05, 0) is 36.1 Å². The van der Waals surface area contributed by atoms with Crippen molar-refractivity contribution in [2.75, 3.05) is 16.6 Å². The molecule has 170 valence electrons. The zero-order chi connectivity index (χ0) is 23.7. The van der Waals surface area contributed by atoms with Gasteiger partial charge in [-0.25, -0.2) is 18.4 Å². The third-order valence-electron chi connectivity index (χ3n) is 4.60. The number of pyridine rings is 1. The molecular weight excluding hydrogens is 470 g/mol. The first kappa shape index (κ1) is 24.1. The van der Waals surface area contributed by atoms with Gasteiger partial charge in [0.15, 0.2) is 10.3 Å². The maximum absolute atomic E-state index is 12.9. The zero-order valence-electron chi connectivity index (χ0n) is 18.1. The Morgan fingerprint density at radius 2 is 1.88 bits per heavy atom. The van der Waals surface area contributed by atoms with Crippen molar-refractivity contribution in [1.29, 1.82) is 0 Å². The highest BCUT2D eigenvalue weighted by molar-refractivity contribution is 7.92. The van der Waals surface area contributed by atoms with E-state index in [-0.39, 0.29) is 33.6 Å². The van der Waals surface area contributed by atoms with Crippen molar-refractivity contribution in [3.05, 3.63) is 52.9 Å². The van der Waals surface area contributed by atoms with Gasteiger partial charge in [-0.1, -0.05) is 55.8 Å². The van der Waals surface area contributed by atoms with Crippen LogP contribution in [0, 0.1) is 6.92 Å². The van der Waals surface area contributed by atoms with Crippen molar-refractivity contribution in [1.82, 2.24) is 9.97 Å². The third-order valence-corrected chi connectivity index (χ3v) is 7.41. The molecule has 0 bridgehead atoms. The van der Waals surface area contributed by atoms with Gasteiger partial charge < -0.3 is 11.1 Å². The average molecular weight is 494 g/mol. The van der Waals surface area contributed by atoms with Gasteiger partial charge in [0.2, 0.25) is 5.91 Å².